The molecule has 2 N–H and O–H groups in total. The zero-order chi connectivity index (χ0) is 28.3. The molecule has 2 aliphatic rings. The number of amides is 1. The number of hydrogen-bond donors (Lipinski definition) is 2. The Morgan fingerprint density at radius 1 is 1.05 bits per heavy atom. The SMILES string of the molecule is CCC[C@H](N[C@H]1CCc2cc(F)cc(F)c2C1)C(=O)Nc1cn(-c2ccccc2CN2CCc3ccccc32)cn1. The number of para-hydroxylation sites is 2. The monoisotopic (exact) mass is 555 g/mol. The molecule has 6 nitrogen and oxygen atoms in total. The number of nitrogens with one attached hydrogen (secondary N) is 2. The van der Waals surface area contributed by atoms with Gasteiger partial charge in [-0.1, -0.05) is 49.7 Å². The highest BCUT2D eigenvalue weighted by Crippen LogP contribution is 2.30. The van der Waals surface area contributed by atoms with Gasteiger partial charge in [0.15, 0.2) is 5.82 Å². The fraction of sp³-hybridized carbons (Fsp3) is 0.333. The second-order valence-electron chi connectivity index (χ2n) is 11.1. The first-order valence-electron chi connectivity index (χ1n) is 14.5. The number of hydrogen-bond acceptors (Lipinski definition) is 4. The number of aryl methyl sites for hydroxylation is 1. The number of carbonyl (C=O) groups is 1. The predicted octanol–water partition coefficient (Wildman–Crippen LogP) is 5.97. The van der Waals surface area contributed by atoms with Gasteiger partial charge in [0.05, 0.1) is 17.9 Å². The first-order valence-corrected chi connectivity index (χ1v) is 14.5. The van der Waals surface area contributed by atoms with Crippen molar-refractivity contribution < 1.29 is 13.6 Å². The maximum atomic E-state index is 14.4. The van der Waals surface area contributed by atoms with Crippen LogP contribution in [0, 0.1) is 11.6 Å². The van der Waals surface area contributed by atoms with Crippen molar-refractivity contribution in [3.8, 4) is 5.69 Å². The lowest BCUT2D eigenvalue weighted by Gasteiger charge is -2.29. The average molecular weight is 556 g/mol. The number of carbonyl (C=O) groups excluding carboxylic acids is 1. The van der Waals surface area contributed by atoms with Gasteiger partial charge in [-0.15, -0.1) is 0 Å². The van der Waals surface area contributed by atoms with E-state index in [1.807, 2.05) is 29.8 Å². The van der Waals surface area contributed by atoms with Crippen LogP contribution in [0.25, 0.3) is 5.69 Å². The van der Waals surface area contributed by atoms with Crippen molar-refractivity contribution in [3.63, 3.8) is 0 Å². The zero-order valence-electron chi connectivity index (χ0n) is 23.2. The normalized spacial score (nSPS) is 16.8. The van der Waals surface area contributed by atoms with Crippen molar-refractivity contribution in [2.24, 2.45) is 0 Å². The Balaban J connectivity index is 1.13. The molecule has 1 aromatic heterocycles. The Bertz CT molecular complexity index is 1550. The lowest BCUT2D eigenvalue weighted by molar-refractivity contribution is -0.118. The molecule has 212 valence electrons. The Morgan fingerprint density at radius 2 is 1.85 bits per heavy atom. The molecule has 0 bridgehead atoms. The van der Waals surface area contributed by atoms with Crippen LogP contribution in [0.4, 0.5) is 20.3 Å². The second-order valence-corrected chi connectivity index (χ2v) is 11.1. The summed E-state index contributed by atoms with van der Waals surface area (Å²) in [7, 11) is 0. The molecule has 0 fully saturated rings. The van der Waals surface area contributed by atoms with Gasteiger partial charge in [0.1, 0.15) is 18.0 Å². The Labute approximate surface area is 239 Å². The number of imidazole rings is 1. The molecular formula is C33H35F2N5O. The van der Waals surface area contributed by atoms with E-state index >= 15 is 0 Å². The van der Waals surface area contributed by atoms with Crippen molar-refractivity contribution in [3.05, 3.63) is 107 Å². The van der Waals surface area contributed by atoms with E-state index in [1.54, 1.807) is 6.33 Å². The first-order chi connectivity index (χ1) is 20.0. The van der Waals surface area contributed by atoms with Gasteiger partial charge in [0, 0.05) is 30.9 Å². The van der Waals surface area contributed by atoms with Crippen LogP contribution < -0.4 is 15.5 Å². The summed E-state index contributed by atoms with van der Waals surface area (Å²) in [6.07, 6.45) is 7.81. The van der Waals surface area contributed by atoms with Crippen molar-refractivity contribution >= 4 is 17.4 Å². The number of nitrogens with zero attached hydrogens (tertiary/aromatic N) is 3. The van der Waals surface area contributed by atoms with Crippen LogP contribution in [0.2, 0.25) is 0 Å². The minimum atomic E-state index is -0.542. The number of benzene rings is 3. The van der Waals surface area contributed by atoms with Gasteiger partial charge < -0.3 is 20.1 Å². The Kier molecular flexibility index (Phi) is 7.83. The highest BCUT2D eigenvalue weighted by molar-refractivity contribution is 5.94. The maximum absolute atomic E-state index is 14.4. The molecule has 6 rings (SSSR count). The standard InChI is InChI=1S/C33H35F2N5O/c1-2-7-29(37-26-13-12-23-16-25(34)17-28(35)27(23)18-26)33(41)38-32-20-40(21-36-32)31-11-6-4-9-24(31)19-39-15-14-22-8-3-5-10-30(22)39/h3-6,8-11,16-17,20-21,26,29,37H,2,7,12-15,18-19H2,1H3,(H,38,41)/t26-,29-/m0/s1. The van der Waals surface area contributed by atoms with E-state index in [0.717, 1.165) is 49.7 Å². The predicted molar refractivity (Wildman–Crippen MR) is 157 cm³/mol. The second kappa shape index (κ2) is 11.8. The average Bonchev–Trinajstić information content (AvgIpc) is 3.60. The topological polar surface area (TPSA) is 62.2 Å². The smallest absolute Gasteiger partial charge is 0.242 e. The number of fused-ring (bicyclic) bond motifs is 2. The largest absolute Gasteiger partial charge is 0.367 e. The maximum Gasteiger partial charge on any atom is 0.242 e. The molecule has 8 heteroatoms. The molecule has 3 aromatic carbocycles. The molecule has 0 saturated heterocycles. The number of aromatic nitrogens is 2. The molecule has 0 spiro atoms. The molecular weight excluding hydrogens is 520 g/mol. The molecule has 0 radical (unpaired) electrons. The molecule has 0 unspecified atom stereocenters. The van der Waals surface area contributed by atoms with E-state index in [9.17, 15) is 13.6 Å². The van der Waals surface area contributed by atoms with E-state index in [-0.39, 0.29) is 11.9 Å². The van der Waals surface area contributed by atoms with E-state index in [2.05, 4.69) is 56.9 Å². The number of anilines is 2. The fourth-order valence-electron chi connectivity index (χ4n) is 6.20. The van der Waals surface area contributed by atoms with Gasteiger partial charge >= 0.3 is 0 Å². The third-order valence-electron chi connectivity index (χ3n) is 8.24. The zero-order valence-corrected chi connectivity index (χ0v) is 23.2. The van der Waals surface area contributed by atoms with Crippen LogP contribution >= 0.6 is 0 Å². The summed E-state index contributed by atoms with van der Waals surface area (Å²) in [4.78, 5) is 20.2. The van der Waals surface area contributed by atoms with Crippen molar-refractivity contribution in [1.29, 1.82) is 0 Å². The molecule has 1 aliphatic heterocycles. The Morgan fingerprint density at radius 3 is 2.71 bits per heavy atom. The Hall–Kier alpha value is -4.04. The first kappa shape index (κ1) is 27.1. The molecule has 4 aromatic rings. The van der Waals surface area contributed by atoms with Crippen LogP contribution in [0.3, 0.4) is 0 Å². The lowest BCUT2D eigenvalue weighted by Crippen LogP contribution is -2.48. The van der Waals surface area contributed by atoms with E-state index in [1.165, 1.54) is 22.9 Å². The van der Waals surface area contributed by atoms with Crippen molar-refractivity contribution in [1.82, 2.24) is 14.9 Å². The lowest BCUT2D eigenvalue weighted by atomic mass is 9.87. The molecule has 0 saturated carbocycles. The summed E-state index contributed by atoms with van der Waals surface area (Å²) >= 11 is 0. The summed E-state index contributed by atoms with van der Waals surface area (Å²) in [6.45, 7) is 3.80. The molecule has 1 aliphatic carbocycles. The summed E-state index contributed by atoms with van der Waals surface area (Å²) < 4.78 is 30.0. The third kappa shape index (κ3) is 5.88. The molecule has 41 heavy (non-hydrogen) atoms. The molecule has 2 heterocycles. The van der Waals surface area contributed by atoms with Crippen molar-refractivity contribution in [2.45, 2.75) is 64.1 Å². The minimum Gasteiger partial charge on any atom is -0.367 e. The van der Waals surface area contributed by atoms with Crippen LogP contribution in [0.1, 0.15) is 48.4 Å². The van der Waals surface area contributed by atoms with E-state index < -0.39 is 17.7 Å². The molecule has 1 amide bonds. The minimum absolute atomic E-state index is 0.0649. The summed E-state index contributed by atoms with van der Waals surface area (Å²) in [5, 5.41) is 6.43. The molecule has 2 atom stereocenters. The van der Waals surface area contributed by atoms with E-state index in [4.69, 9.17) is 0 Å². The van der Waals surface area contributed by atoms with Crippen LogP contribution in [0.5, 0.6) is 0 Å². The van der Waals surface area contributed by atoms with Gasteiger partial charge in [-0.25, -0.2) is 13.8 Å². The number of halogens is 2. The van der Waals surface area contributed by atoms with Gasteiger partial charge in [-0.3, -0.25) is 4.79 Å². The van der Waals surface area contributed by atoms with Crippen LogP contribution in [-0.4, -0.2) is 34.1 Å². The highest BCUT2D eigenvalue weighted by Gasteiger charge is 2.27. The van der Waals surface area contributed by atoms with Gasteiger partial charge in [0.2, 0.25) is 5.91 Å². The van der Waals surface area contributed by atoms with Crippen LogP contribution in [0.15, 0.2) is 73.2 Å². The highest BCUT2D eigenvalue weighted by atomic mass is 19.1. The third-order valence-corrected chi connectivity index (χ3v) is 8.24. The fourth-order valence-corrected chi connectivity index (χ4v) is 6.20. The van der Waals surface area contributed by atoms with Crippen LogP contribution in [-0.2, 0) is 30.6 Å². The summed E-state index contributed by atoms with van der Waals surface area (Å²) in [6, 6.07) is 18.7. The summed E-state index contributed by atoms with van der Waals surface area (Å²) in [5.41, 5.74) is 6.12. The number of rotatable bonds is 9. The van der Waals surface area contributed by atoms with Crippen molar-refractivity contribution in [2.75, 3.05) is 16.8 Å². The van der Waals surface area contributed by atoms with Gasteiger partial charge in [0.25, 0.3) is 0 Å². The van der Waals surface area contributed by atoms with E-state index in [0.29, 0.717) is 30.6 Å². The summed E-state index contributed by atoms with van der Waals surface area (Å²) in [5.74, 6) is -0.735. The quantitative estimate of drug-likeness (QED) is 0.267. The van der Waals surface area contributed by atoms with Gasteiger partial charge in [-0.2, -0.15) is 0 Å². The van der Waals surface area contributed by atoms with Gasteiger partial charge in [-0.05, 0) is 72.6 Å².